The van der Waals surface area contributed by atoms with E-state index in [-0.39, 0.29) is 11.3 Å². The summed E-state index contributed by atoms with van der Waals surface area (Å²) in [6, 6.07) is 2.19. The number of pyridine rings is 1. The molecule has 0 spiro atoms. The lowest BCUT2D eigenvalue weighted by Gasteiger charge is -2.42. The standard InChI is InChI=1S/C16H22ClN3O/c1-10-11(7-18)15(19-8-13(10)17)20-6-5-12(14(21)9-20)16(2,3)4/h8,12,14,21H,5-6,9H2,1-4H3. The van der Waals surface area contributed by atoms with Gasteiger partial charge in [-0.05, 0) is 30.2 Å². The van der Waals surface area contributed by atoms with Gasteiger partial charge in [0.25, 0.3) is 0 Å². The van der Waals surface area contributed by atoms with Gasteiger partial charge in [-0.1, -0.05) is 32.4 Å². The zero-order valence-corrected chi connectivity index (χ0v) is 13.8. The Bertz CT molecular complexity index is 574. The molecule has 0 radical (unpaired) electrons. The molecule has 2 unspecified atom stereocenters. The average molecular weight is 308 g/mol. The van der Waals surface area contributed by atoms with E-state index in [1.807, 2.05) is 11.8 Å². The Balaban J connectivity index is 2.27. The van der Waals surface area contributed by atoms with Gasteiger partial charge in [-0.25, -0.2) is 4.98 Å². The van der Waals surface area contributed by atoms with Gasteiger partial charge in [-0.15, -0.1) is 0 Å². The molecule has 2 heterocycles. The second kappa shape index (κ2) is 5.82. The van der Waals surface area contributed by atoms with Gasteiger partial charge in [-0.2, -0.15) is 5.26 Å². The Labute approximate surface area is 131 Å². The molecule has 21 heavy (non-hydrogen) atoms. The molecule has 1 aliphatic heterocycles. The van der Waals surface area contributed by atoms with E-state index in [1.165, 1.54) is 0 Å². The van der Waals surface area contributed by atoms with Crippen LogP contribution in [0.25, 0.3) is 0 Å². The van der Waals surface area contributed by atoms with Gasteiger partial charge < -0.3 is 10.0 Å². The summed E-state index contributed by atoms with van der Waals surface area (Å²) >= 11 is 6.03. The van der Waals surface area contributed by atoms with Crippen LogP contribution >= 0.6 is 11.6 Å². The number of rotatable bonds is 1. The number of hydrogen-bond donors (Lipinski definition) is 1. The quantitative estimate of drug-likeness (QED) is 0.866. The van der Waals surface area contributed by atoms with E-state index in [1.54, 1.807) is 6.20 Å². The van der Waals surface area contributed by atoms with E-state index < -0.39 is 6.10 Å². The number of nitrogens with zero attached hydrogens (tertiary/aromatic N) is 3. The van der Waals surface area contributed by atoms with Crippen molar-refractivity contribution in [3.8, 4) is 6.07 Å². The van der Waals surface area contributed by atoms with E-state index in [9.17, 15) is 10.4 Å². The van der Waals surface area contributed by atoms with E-state index in [2.05, 4.69) is 31.8 Å². The van der Waals surface area contributed by atoms with Gasteiger partial charge in [0, 0.05) is 19.3 Å². The first-order valence-electron chi connectivity index (χ1n) is 7.24. The van der Waals surface area contributed by atoms with Gasteiger partial charge in [-0.3, -0.25) is 0 Å². The Morgan fingerprint density at radius 3 is 2.67 bits per heavy atom. The summed E-state index contributed by atoms with van der Waals surface area (Å²) in [6.07, 6.45) is 2.05. The third-order valence-corrected chi connectivity index (χ3v) is 4.74. The van der Waals surface area contributed by atoms with Crippen LogP contribution in [0.1, 0.15) is 38.3 Å². The SMILES string of the molecule is Cc1c(Cl)cnc(N2CCC(C(C)(C)C)C(O)C2)c1C#N. The highest BCUT2D eigenvalue weighted by Gasteiger charge is 2.36. The lowest BCUT2D eigenvalue weighted by atomic mass is 9.73. The van der Waals surface area contributed by atoms with Gasteiger partial charge >= 0.3 is 0 Å². The third kappa shape index (κ3) is 3.14. The molecule has 114 valence electrons. The Hall–Kier alpha value is -1.31. The summed E-state index contributed by atoms with van der Waals surface area (Å²) in [4.78, 5) is 6.31. The number of β-amino-alcohol motifs (C(OH)–C–C–N with tert-alkyl or cyclic N) is 1. The second-order valence-corrected chi connectivity index (χ2v) is 7.22. The van der Waals surface area contributed by atoms with Crippen LogP contribution in [-0.2, 0) is 0 Å². The minimum atomic E-state index is -0.414. The predicted molar refractivity (Wildman–Crippen MR) is 84.5 cm³/mol. The fraction of sp³-hybridized carbons (Fsp3) is 0.625. The molecular weight excluding hydrogens is 286 g/mol. The summed E-state index contributed by atoms with van der Waals surface area (Å²) < 4.78 is 0. The predicted octanol–water partition coefficient (Wildman–Crippen LogP) is 3.15. The number of hydrogen-bond acceptors (Lipinski definition) is 4. The molecular formula is C16H22ClN3O. The van der Waals surface area contributed by atoms with Crippen molar-refractivity contribution in [1.82, 2.24) is 4.98 Å². The largest absolute Gasteiger partial charge is 0.391 e. The lowest BCUT2D eigenvalue weighted by molar-refractivity contribution is 0.0291. The van der Waals surface area contributed by atoms with Crippen molar-refractivity contribution in [2.24, 2.45) is 11.3 Å². The Morgan fingerprint density at radius 1 is 1.48 bits per heavy atom. The molecule has 0 aliphatic carbocycles. The molecule has 1 aromatic rings. The fourth-order valence-corrected chi connectivity index (χ4v) is 3.22. The van der Waals surface area contributed by atoms with E-state index in [0.29, 0.717) is 22.9 Å². The zero-order chi connectivity index (χ0) is 15.8. The summed E-state index contributed by atoms with van der Waals surface area (Å²) in [5, 5.41) is 20.3. The first-order chi connectivity index (χ1) is 9.75. The lowest BCUT2D eigenvalue weighted by Crippen LogP contribution is -2.48. The van der Waals surface area contributed by atoms with Crippen LogP contribution in [0.2, 0.25) is 5.02 Å². The Morgan fingerprint density at radius 2 is 2.14 bits per heavy atom. The van der Waals surface area contributed by atoms with E-state index in [0.717, 1.165) is 18.5 Å². The first-order valence-corrected chi connectivity index (χ1v) is 7.61. The average Bonchev–Trinajstić information content (AvgIpc) is 2.40. The first kappa shape index (κ1) is 16.1. The molecule has 1 N–H and O–H groups in total. The van der Waals surface area contributed by atoms with Crippen molar-refractivity contribution < 1.29 is 5.11 Å². The smallest absolute Gasteiger partial charge is 0.146 e. The minimum absolute atomic E-state index is 0.0763. The third-order valence-electron chi connectivity index (χ3n) is 4.36. The van der Waals surface area contributed by atoms with Gasteiger partial charge in [0.15, 0.2) is 0 Å². The fourth-order valence-electron chi connectivity index (χ4n) is 3.07. The van der Waals surface area contributed by atoms with Crippen LogP contribution in [0.5, 0.6) is 0 Å². The number of aliphatic hydroxyl groups is 1. The molecule has 0 amide bonds. The molecule has 4 nitrogen and oxygen atoms in total. The second-order valence-electron chi connectivity index (χ2n) is 6.82. The molecule has 1 aliphatic rings. The molecule has 2 atom stereocenters. The normalized spacial score (nSPS) is 23.0. The summed E-state index contributed by atoms with van der Waals surface area (Å²) in [5.74, 6) is 0.887. The maximum Gasteiger partial charge on any atom is 0.146 e. The molecule has 0 aromatic carbocycles. The maximum atomic E-state index is 10.4. The van der Waals surface area contributed by atoms with Crippen LogP contribution in [0, 0.1) is 29.6 Å². The summed E-state index contributed by atoms with van der Waals surface area (Å²) in [7, 11) is 0. The number of anilines is 1. The van der Waals surface area contributed by atoms with E-state index in [4.69, 9.17) is 11.6 Å². The highest BCUT2D eigenvalue weighted by Crippen LogP contribution is 2.36. The van der Waals surface area contributed by atoms with Gasteiger partial charge in [0.05, 0.1) is 16.7 Å². The topological polar surface area (TPSA) is 60.1 Å². The molecule has 2 rings (SSSR count). The molecule has 1 aromatic heterocycles. The summed E-state index contributed by atoms with van der Waals surface area (Å²) in [6.45, 7) is 9.59. The van der Waals surface area contributed by atoms with Crippen molar-refractivity contribution in [3.05, 3.63) is 22.3 Å². The number of nitriles is 1. The van der Waals surface area contributed by atoms with Crippen molar-refractivity contribution in [3.63, 3.8) is 0 Å². The molecule has 1 fully saturated rings. The number of aromatic nitrogens is 1. The zero-order valence-electron chi connectivity index (χ0n) is 13.0. The van der Waals surface area contributed by atoms with Crippen molar-refractivity contribution in [1.29, 1.82) is 5.26 Å². The van der Waals surface area contributed by atoms with Crippen LogP contribution in [0.15, 0.2) is 6.20 Å². The maximum absolute atomic E-state index is 10.4. The highest BCUT2D eigenvalue weighted by molar-refractivity contribution is 6.31. The van der Waals surface area contributed by atoms with Crippen molar-refractivity contribution in [2.45, 2.75) is 40.2 Å². The molecule has 1 saturated heterocycles. The van der Waals surface area contributed by atoms with Gasteiger partial charge in [0.1, 0.15) is 11.9 Å². The van der Waals surface area contributed by atoms with Crippen LogP contribution < -0.4 is 4.90 Å². The molecule has 0 saturated carbocycles. The number of halogens is 1. The van der Waals surface area contributed by atoms with Crippen LogP contribution in [-0.4, -0.2) is 29.3 Å². The molecule has 0 bridgehead atoms. The minimum Gasteiger partial charge on any atom is -0.391 e. The van der Waals surface area contributed by atoms with E-state index >= 15 is 0 Å². The van der Waals surface area contributed by atoms with Crippen LogP contribution in [0.3, 0.4) is 0 Å². The number of piperidine rings is 1. The summed E-state index contributed by atoms with van der Waals surface area (Å²) in [5.41, 5.74) is 1.33. The highest BCUT2D eigenvalue weighted by atomic mass is 35.5. The van der Waals surface area contributed by atoms with Gasteiger partial charge in [0.2, 0.25) is 0 Å². The van der Waals surface area contributed by atoms with Crippen molar-refractivity contribution in [2.75, 3.05) is 18.0 Å². The van der Waals surface area contributed by atoms with Crippen molar-refractivity contribution >= 4 is 17.4 Å². The Kier molecular flexibility index (Phi) is 4.46. The number of aliphatic hydroxyl groups excluding tert-OH is 1. The molecule has 5 heteroatoms. The van der Waals surface area contributed by atoms with Crippen LogP contribution in [0.4, 0.5) is 5.82 Å². The monoisotopic (exact) mass is 307 g/mol.